The zero-order valence-electron chi connectivity index (χ0n) is 18.1. The van der Waals surface area contributed by atoms with Crippen LogP contribution in [0.3, 0.4) is 0 Å². The van der Waals surface area contributed by atoms with Gasteiger partial charge in [-0.15, -0.1) is 0 Å². The van der Waals surface area contributed by atoms with Crippen LogP contribution in [0.4, 0.5) is 11.4 Å². The molecule has 1 fully saturated rings. The van der Waals surface area contributed by atoms with Crippen molar-refractivity contribution in [3.05, 3.63) is 95.6 Å². The molecule has 3 aromatic rings. The quantitative estimate of drug-likeness (QED) is 0.576. The van der Waals surface area contributed by atoms with E-state index in [1.54, 1.807) is 60.7 Å². The van der Waals surface area contributed by atoms with Crippen molar-refractivity contribution in [2.24, 2.45) is 0 Å². The van der Waals surface area contributed by atoms with Crippen molar-refractivity contribution in [1.29, 1.82) is 0 Å². The smallest absolute Gasteiger partial charge is 0.257 e. The minimum absolute atomic E-state index is 0.134. The first-order chi connectivity index (χ1) is 16.1. The fourth-order valence-electron chi connectivity index (χ4n) is 3.58. The summed E-state index contributed by atoms with van der Waals surface area (Å²) < 4.78 is 0. The monoisotopic (exact) mass is 459 g/mol. The molecule has 0 unspecified atom stereocenters. The predicted molar refractivity (Wildman–Crippen MR) is 133 cm³/mol. The summed E-state index contributed by atoms with van der Waals surface area (Å²) in [5.41, 5.74) is 2.84. The summed E-state index contributed by atoms with van der Waals surface area (Å²) in [5, 5.41) is 5.68. The van der Waals surface area contributed by atoms with E-state index in [0.29, 0.717) is 28.9 Å². The molecule has 2 N–H and O–H groups in total. The van der Waals surface area contributed by atoms with Crippen LogP contribution in [0.15, 0.2) is 78.9 Å². The lowest BCUT2D eigenvalue weighted by Crippen LogP contribution is -2.38. The normalized spacial score (nSPS) is 13.3. The van der Waals surface area contributed by atoms with Crippen LogP contribution in [0.2, 0.25) is 0 Å². The highest BCUT2D eigenvalue weighted by atomic mass is 32.2. The second-order valence-corrected chi connectivity index (χ2v) is 8.91. The number of benzene rings is 3. The van der Waals surface area contributed by atoms with Gasteiger partial charge in [-0.05, 0) is 42.0 Å². The van der Waals surface area contributed by atoms with Crippen LogP contribution in [0.5, 0.6) is 0 Å². The molecule has 0 radical (unpaired) electrons. The van der Waals surface area contributed by atoms with Crippen molar-refractivity contribution in [2.75, 3.05) is 35.2 Å². The number of nitrogens with zero attached hydrogens (tertiary/aromatic N) is 1. The Morgan fingerprint density at radius 2 is 1.42 bits per heavy atom. The van der Waals surface area contributed by atoms with Gasteiger partial charge in [0.1, 0.15) is 0 Å². The van der Waals surface area contributed by atoms with E-state index in [1.165, 1.54) is 0 Å². The van der Waals surface area contributed by atoms with E-state index in [9.17, 15) is 14.4 Å². The summed E-state index contributed by atoms with van der Waals surface area (Å²) in [5.74, 6) is 1.51. The van der Waals surface area contributed by atoms with Crippen LogP contribution < -0.4 is 10.6 Å². The number of rotatable bonds is 6. The lowest BCUT2D eigenvalue weighted by Gasteiger charge is -2.26. The van der Waals surface area contributed by atoms with E-state index in [0.717, 1.165) is 30.2 Å². The Kier molecular flexibility index (Phi) is 7.42. The molecule has 3 aromatic carbocycles. The van der Waals surface area contributed by atoms with Crippen molar-refractivity contribution in [1.82, 2.24) is 4.90 Å². The van der Waals surface area contributed by atoms with Crippen LogP contribution in [0, 0.1) is 0 Å². The molecule has 0 spiro atoms. The van der Waals surface area contributed by atoms with Gasteiger partial charge in [-0.3, -0.25) is 14.4 Å². The fraction of sp³-hybridized carbons (Fsp3) is 0.192. The van der Waals surface area contributed by atoms with Gasteiger partial charge in [-0.1, -0.05) is 42.5 Å². The maximum absolute atomic E-state index is 12.9. The van der Waals surface area contributed by atoms with Crippen molar-refractivity contribution < 1.29 is 14.4 Å². The third kappa shape index (κ3) is 6.02. The molecule has 1 saturated heterocycles. The maximum Gasteiger partial charge on any atom is 0.257 e. The SMILES string of the molecule is O=C(Nc1ccccc1C(=O)Nc1ccc(CC(=O)N2CCSCC2)cc1)c1ccccc1. The van der Waals surface area contributed by atoms with Crippen LogP contribution in [-0.4, -0.2) is 47.2 Å². The molecule has 4 rings (SSSR count). The highest BCUT2D eigenvalue weighted by Gasteiger charge is 2.17. The van der Waals surface area contributed by atoms with E-state index in [1.807, 2.05) is 34.9 Å². The molecule has 168 valence electrons. The number of amides is 3. The molecule has 0 aromatic heterocycles. The van der Waals surface area contributed by atoms with E-state index in [-0.39, 0.29) is 17.7 Å². The molecule has 0 saturated carbocycles. The van der Waals surface area contributed by atoms with Crippen LogP contribution in [0.25, 0.3) is 0 Å². The molecule has 1 heterocycles. The van der Waals surface area contributed by atoms with Crippen molar-refractivity contribution in [2.45, 2.75) is 6.42 Å². The lowest BCUT2D eigenvalue weighted by molar-refractivity contribution is -0.130. The Morgan fingerprint density at radius 1 is 0.758 bits per heavy atom. The highest BCUT2D eigenvalue weighted by molar-refractivity contribution is 7.99. The van der Waals surface area contributed by atoms with E-state index < -0.39 is 0 Å². The summed E-state index contributed by atoms with van der Waals surface area (Å²) in [6.45, 7) is 1.61. The third-order valence-corrected chi connectivity index (χ3v) is 6.33. The lowest BCUT2D eigenvalue weighted by atomic mass is 10.1. The third-order valence-electron chi connectivity index (χ3n) is 5.39. The molecule has 0 atom stereocenters. The Labute approximate surface area is 197 Å². The Hall–Kier alpha value is -3.58. The minimum Gasteiger partial charge on any atom is -0.341 e. The van der Waals surface area contributed by atoms with Gasteiger partial charge in [0.25, 0.3) is 11.8 Å². The molecular weight excluding hydrogens is 434 g/mol. The van der Waals surface area contributed by atoms with E-state index >= 15 is 0 Å². The molecule has 6 nitrogen and oxygen atoms in total. The Balaban J connectivity index is 1.39. The van der Waals surface area contributed by atoms with Crippen molar-refractivity contribution in [3.63, 3.8) is 0 Å². The zero-order chi connectivity index (χ0) is 23.0. The summed E-state index contributed by atoms with van der Waals surface area (Å²) in [6, 6.07) is 23.0. The number of anilines is 2. The average molecular weight is 460 g/mol. The number of thioether (sulfide) groups is 1. The molecule has 1 aliphatic heterocycles. The first-order valence-corrected chi connectivity index (χ1v) is 12.0. The van der Waals surface area contributed by atoms with Crippen molar-refractivity contribution >= 4 is 40.9 Å². The first-order valence-electron chi connectivity index (χ1n) is 10.8. The summed E-state index contributed by atoms with van der Waals surface area (Å²) in [4.78, 5) is 39.8. The van der Waals surface area contributed by atoms with Crippen LogP contribution >= 0.6 is 11.8 Å². The first kappa shape index (κ1) is 22.6. The van der Waals surface area contributed by atoms with Crippen LogP contribution in [0.1, 0.15) is 26.3 Å². The number of hydrogen-bond acceptors (Lipinski definition) is 4. The number of hydrogen-bond donors (Lipinski definition) is 2. The number of carbonyl (C=O) groups is 3. The van der Waals surface area contributed by atoms with Gasteiger partial charge in [0.2, 0.25) is 5.91 Å². The van der Waals surface area contributed by atoms with Gasteiger partial charge in [-0.25, -0.2) is 0 Å². The van der Waals surface area contributed by atoms with Gasteiger partial charge in [0.15, 0.2) is 0 Å². The van der Waals surface area contributed by atoms with Gasteiger partial charge in [0, 0.05) is 35.8 Å². The highest BCUT2D eigenvalue weighted by Crippen LogP contribution is 2.19. The largest absolute Gasteiger partial charge is 0.341 e. The molecule has 3 amide bonds. The molecule has 1 aliphatic rings. The summed E-state index contributed by atoms with van der Waals surface area (Å²) >= 11 is 1.87. The summed E-state index contributed by atoms with van der Waals surface area (Å²) in [6.07, 6.45) is 0.354. The second-order valence-electron chi connectivity index (χ2n) is 7.69. The Bertz CT molecular complexity index is 1130. The number of nitrogens with one attached hydrogen (secondary N) is 2. The van der Waals surface area contributed by atoms with Gasteiger partial charge in [-0.2, -0.15) is 11.8 Å². The summed E-state index contributed by atoms with van der Waals surface area (Å²) in [7, 11) is 0. The molecular formula is C26H25N3O3S. The number of carbonyl (C=O) groups excluding carboxylic acids is 3. The Morgan fingerprint density at radius 3 is 2.15 bits per heavy atom. The standard InChI is InChI=1S/C26H25N3O3S/c30-24(29-14-16-33-17-15-29)18-19-10-12-21(13-11-19)27-26(32)22-8-4-5-9-23(22)28-25(31)20-6-2-1-3-7-20/h1-13H,14-18H2,(H,27,32)(H,28,31). The zero-order valence-corrected chi connectivity index (χ0v) is 18.9. The molecule has 33 heavy (non-hydrogen) atoms. The van der Waals surface area contributed by atoms with Crippen LogP contribution in [-0.2, 0) is 11.2 Å². The van der Waals surface area contributed by atoms with Gasteiger partial charge < -0.3 is 15.5 Å². The van der Waals surface area contributed by atoms with E-state index in [2.05, 4.69) is 10.6 Å². The predicted octanol–water partition coefficient (Wildman–Crippen LogP) is 4.31. The number of para-hydroxylation sites is 1. The molecule has 0 bridgehead atoms. The second kappa shape index (κ2) is 10.8. The fourth-order valence-corrected chi connectivity index (χ4v) is 4.48. The average Bonchev–Trinajstić information content (AvgIpc) is 2.86. The minimum atomic E-state index is -0.325. The molecule has 7 heteroatoms. The topological polar surface area (TPSA) is 78.5 Å². The molecule has 0 aliphatic carbocycles. The van der Waals surface area contributed by atoms with Gasteiger partial charge >= 0.3 is 0 Å². The van der Waals surface area contributed by atoms with E-state index in [4.69, 9.17) is 0 Å². The van der Waals surface area contributed by atoms with Crippen molar-refractivity contribution in [3.8, 4) is 0 Å². The van der Waals surface area contributed by atoms with Gasteiger partial charge in [0.05, 0.1) is 17.7 Å². The maximum atomic E-state index is 12.9.